The molecule has 0 aliphatic heterocycles. The van der Waals surface area contributed by atoms with Gasteiger partial charge in [0.2, 0.25) is 5.95 Å². The lowest BCUT2D eigenvalue weighted by molar-refractivity contribution is 0.561. The average molecular weight is 321 g/mol. The molecule has 1 aromatic heterocycles. The highest BCUT2D eigenvalue weighted by Gasteiger charge is 2.25. The third-order valence-corrected chi connectivity index (χ3v) is 3.71. The normalized spacial score (nSPS) is 14.2. The van der Waals surface area contributed by atoms with Crippen LogP contribution in [0.3, 0.4) is 0 Å². The maximum Gasteiger partial charge on any atom is 0.216 e. The Balaban J connectivity index is 2.67. The molecule has 0 bridgehead atoms. The third kappa shape index (κ3) is 4.73. The van der Waals surface area contributed by atoms with E-state index in [1.807, 2.05) is 20.8 Å². The van der Waals surface area contributed by atoms with Crippen LogP contribution in [-0.2, 0) is 17.8 Å². The Morgan fingerprint density at radius 3 is 2.82 bits per heavy atom. The first-order chi connectivity index (χ1) is 7.80. The lowest BCUT2D eigenvalue weighted by atomic mass is 10.2. The molecule has 0 radical (unpaired) electrons. The summed E-state index contributed by atoms with van der Waals surface area (Å²) in [5.74, 6) is -0.527. The number of aromatic nitrogens is 1. The Labute approximate surface area is 112 Å². The van der Waals surface area contributed by atoms with Crippen LogP contribution in [0.1, 0.15) is 26.3 Å². The van der Waals surface area contributed by atoms with Crippen LogP contribution in [0.15, 0.2) is 21.1 Å². The first-order valence-corrected chi connectivity index (χ1v) is 6.95. The van der Waals surface area contributed by atoms with E-state index in [1.165, 1.54) is 12.4 Å². The van der Waals surface area contributed by atoms with Gasteiger partial charge in [-0.15, -0.1) is 0 Å². The molecular formula is C11H14BrFN2OS. The fourth-order valence-corrected chi connectivity index (χ4v) is 1.87. The summed E-state index contributed by atoms with van der Waals surface area (Å²) in [6, 6.07) is 1.63. The Bertz CT molecular complexity index is 420. The molecule has 1 heterocycles. The average Bonchev–Trinajstić information content (AvgIpc) is 2.21. The van der Waals surface area contributed by atoms with E-state index in [4.69, 9.17) is 0 Å². The predicted octanol–water partition coefficient (Wildman–Crippen LogP) is 3.06. The van der Waals surface area contributed by atoms with Gasteiger partial charge in [-0.2, -0.15) is 4.39 Å². The van der Waals surface area contributed by atoms with Crippen LogP contribution in [-0.4, -0.2) is 20.5 Å². The van der Waals surface area contributed by atoms with E-state index in [9.17, 15) is 8.94 Å². The number of hydrogen-bond acceptors (Lipinski definition) is 3. The molecule has 1 unspecified atom stereocenters. The lowest BCUT2D eigenvalue weighted by Crippen LogP contribution is -2.25. The summed E-state index contributed by atoms with van der Waals surface area (Å²) < 4.78 is 29.1. The second-order valence-corrected chi connectivity index (χ2v) is 7.31. The number of nitrogens with zero attached hydrogens (tertiary/aromatic N) is 2. The molecule has 1 atom stereocenters. The first kappa shape index (κ1) is 14.6. The zero-order valence-corrected chi connectivity index (χ0v) is 12.3. The van der Waals surface area contributed by atoms with Crippen LogP contribution >= 0.6 is 15.9 Å². The summed E-state index contributed by atoms with van der Waals surface area (Å²) in [5, 5.41) is 0. The highest BCUT2D eigenvalue weighted by atomic mass is 79.9. The largest absolute Gasteiger partial charge is 0.591 e. The SMILES string of the molecule is CC(C)(C)[S+]([O-])/N=C\Cc1cc(Br)cnc1F. The molecule has 1 aromatic rings. The van der Waals surface area contributed by atoms with Gasteiger partial charge in [0, 0.05) is 22.7 Å². The van der Waals surface area contributed by atoms with Crippen molar-refractivity contribution in [2.45, 2.75) is 31.9 Å². The Morgan fingerprint density at radius 1 is 1.59 bits per heavy atom. The number of halogens is 2. The Kier molecular flexibility index (Phi) is 5.09. The molecule has 0 spiro atoms. The molecule has 1 rings (SSSR count). The van der Waals surface area contributed by atoms with Gasteiger partial charge in [0.05, 0.1) is 6.21 Å². The maximum atomic E-state index is 13.3. The van der Waals surface area contributed by atoms with Crippen LogP contribution in [0, 0.1) is 5.95 Å². The van der Waals surface area contributed by atoms with Gasteiger partial charge in [-0.25, -0.2) is 4.98 Å². The summed E-state index contributed by atoms with van der Waals surface area (Å²) in [4.78, 5) is 3.57. The van der Waals surface area contributed by atoms with Crippen molar-refractivity contribution < 1.29 is 8.94 Å². The predicted molar refractivity (Wildman–Crippen MR) is 72.0 cm³/mol. The molecule has 3 nitrogen and oxygen atoms in total. The number of rotatable bonds is 3. The van der Waals surface area contributed by atoms with Crippen LogP contribution in [0.5, 0.6) is 0 Å². The standard InChI is InChI=1S/C11H14BrFN2OS/c1-11(2,3)17(16)15-5-4-8-6-9(12)7-14-10(8)13/h5-7H,4H2,1-3H3/b15-5-. The fourth-order valence-electron chi connectivity index (χ4n) is 0.969. The van der Waals surface area contributed by atoms with E-state index >= 15 is 0 Å². The molecule has 0 amide bonds. The second-order valence-electron chi connectivity index (χ2n) is 4.46. The molecule has 6 heteroatoms. The lowest BCUT2D eigenvalue weighted by Gasteiger charge is -2.17. The molecule has 0 aliphatic rings. The van der Waals surface area contributed by atoms with Crippen molar-refractivity contribution >= 4 is 33.5 Å². The molecule has 0 aliphatic carbocycles. The minimum Gasteiger partial charge on any atom is -0.591 e. The monoisotopic (exact) mass is 320 g/mol. The molecule has 0 N–H and O–H groups in total. The summed E-state index contributed by atoms with van der Waals surface area (Å²) >= 11 is 1.91. The van der Waals surface area contributed by atoms with Crippen LogP contribution in [0.25, 0.3) is 0 Å². The van der Waals surface area contributed by atoms with E-state index in [0.29, 0.717) is 10.0 Å². The maximum absolute atomic E-state index is 13.3. The first-order valence-electron chi connectivity index (χ1n) is 5.05. The topological polar surface area (TPSA) is 48.3 Å². The van der Waals surface area contributed by atoms with Crippen LogP contribution < -0.4 is 0 Å². The van der Waals surface area contributed by atoms with Crippen molar-refractivity contribution in [3.05, 3.63) is 28.2 Å². The zero-order valence-electron chi connectivity index (χ0n) is 9.91. The van der Waals surface area contributed by atoms with Crippen LogP contribution in [0.2, 0.25) is 0 Å². The number of hydrogen-bond donors (Lipinski definition) is 0. The van der Waals surface area contributed by atoms with Crippen molar-refractivity contribution in [3.8, 4) is 0 Å². The molecule has 0 saturated heterocycles. The fraction of sp³-hybridized carbons (Fsp3) is 0.455. The van der Waals surface area contributed by atoms with Crippen molar-refractivity contribution in [3.63, 3.8) is 0 Å². The van der Waals surface area contributed by atoms with Crippen molar-refractivity contribution in [2.75, 3.05) is 0 Å². The van der Waals surface area contributed by atoms with E-state index in [2.05, 4.69) is 25.3 Å². The van der Waals surface area contributed by atoms with Gasteiger partial charge < -0.3 is 4.55 Å². The van der Waals surface area contributed by atoms with E-state index in [0.717, 1.165) is 0 Å². The van der Waals surface area contributed by atoms with Crippen molar-refractivity contribution in [1.29, 1.82) is 0 Å². The highest BCUT2D eigenvalue weighted by molar-refractivity contribution is 9.10. The summed E-state index contributed by atoms with van der Waals surface area (Å²) in [5.41, 5.74) is 0.425. The third-order valence-electron chi connectivity index (χ3n) is 1.88. The summed E-state index contributed by atoms with van der Waals surface area (Å²) in [7, 11) is 0. The van der Waals surface area contributed by atoms with Gasteiger partial charge in [-0.1, -0.05) is 4.40 Å². The zero-order chi connectivity index (χ0) is 13.1. The Hall–Kier alpha value is -0.460. The van der Waals surface area contributed by atoms with E-state index < -0.39 is 22.1 Å². The quantitative estimate of drug-likeness (QED) is 0.488. The van der Waals surface area contributed by atoms with Crippen LogP contribution in [0.4, 0.5) is 4.39 Å². The van der Waals surface area contributed by atoms with E-state index in [1.54, 1.807) is 6.07 Å². The molecule has 0 saturated carbocycles. The summed E-state index contributed by atoms with van der Waals surface area (Å²) in [6.45, 7) is 5.51. The molecular weight excluding hydrogens is 307 g/mol. The highest BCUT2D eigenvalue weighted by Crippen LogP contribution is 2.17. The van der Waals surface area contributed by atoms with Crippen molar-refractivity contribution in [1.82, 2.24) is 4.98 Å². The van der Waals surface area contributed by atoms with Gasteiger partial charge in [0.15, 0.2) is 0 Å². The van der Waals surface area contributed by atoms with Crippen molar-refractivity contribution in [2.24, 2.45) is 4.40 Å². The van der Waals surface area contributed by atoms with Gasteiger partial charge in [-0.05, 0) is 42.8 Å². The molecule has 0 fully saturated rings. The van der Waals surface area contributed by atoms with Gasteiger partial charge in [0.25, 0.3) is 0 Å². The Morgan fingerprint density at radius 2 is 2.24 bits per heavy atom. The van der Waals surface area contributed by atoms with E-state index in [-0.39, 0.29) is 6.42 Å². The number of pyridine rings is 1. The van der Waals surface area contributed by atoms with Gasteiger partial charge >= 0.3 is 0 Å². The molecule has 0 aromatic carbocycles. The molecule has 17 heavy (non-hydrogen) atoms. The summed E-state index contributed by atoms with van der Waals surface area (Å²) in [6.07, 6.45) is 3.14. The second kappa shape index (κ2) is 5.93. The minimum atomic E-state index is -1.31. The minimum absolute atomic E-state index is 0.278. The molecule has 94 valence electrons. The van der Waals surface area contributed by atoms with Gasteiger partial charge in [-0.3, -0.25) is 0 Å². The smallest absolute Gasteiger partial charge is 0.216 e. The van der Waals surface area contributed by atoms with Gasteiger partial charge in [0.1, 0.15) is 16.1 Å².